The molecule has 4 fully saturated rings. The van der Waals surface area contributed by atoms with Crippen molar-refractivity contribution in [3.05, 3.63) is 35.9 Å². The molecule has 4 aliphatic rings. The van der Waals surface area contributed by atoms with E-state index in [1.165, 1.54) is 18.4 Å². The van der Waals surface area contributed by atoms with Gasteiger partial charge in [-0.1, -0.05) is 30.3 Å². The molecule has 34 heavy (non-hydrogen) atoms. The normalized spacial score (nSPS) is 30.6. The van der Waals surface area contributed by atoms with E-state index in [2.05, 4.69) is 59.1 Å². The van der Waals surface area contributed by atoms with Crippen LogP contribution in [0.15, 0.2) is 30.3 Å². The molecule has 0 radical (unpaired) electrons. The standard InChI is InChI=1S/C28H42N4O2/c1-22(33)30-17-11-24(12-18-30)19-31-21-27(32(26(31)34)20-23-9-10-23)13-15-28(16-14-27,29(2)3)25-7-5-4-6-8-25/h4-8,23-24H,9-21H2,1-3H3/t27-,28-. The lowest BCUT2D eigenvalue weighted by Crippen LogP contribution is -2.55. The average molecular weight is 467 g/mol. The van der Waals surface area contributed by atoms with Crippen LogP contribution in [0.1, 0.15) is 63.9 Å². The van der Waals surface area contributed by atoms with Crippen LogP contribution in [0.2, 0.25) is 0 Å². The minimum Gasteiger partial charge on any atom is -0.343 e. The second kappa shape index (κ2) is 9.18. The monoisotopic (exact) mass is 466 g/mol. The Morgan fingerprint density at radius 1 is 0.941 bits per heavy atom. The maximum absolute atomic E-state index is 13.7. The van der Waals surface area contributed by atoms with Crippen LogP contribution in [0.25, 0.3) is 0 Å². The van der Waals surface area contributed by atoms with Crippen molar-refractivity contribution in [2.75, 3.05) is 46.8 Å². The number of hydrogen-bond donors (Lipinski definition) is 0. The number of carbonyl (C=O) groups is 2. The second-order valence-corrected chi connectivity index (χ2v) is 11.7. The fourth-order valence-electron chi connectivity index (χ4n) is 6.90. The Kier molecular flexibility index (Phi) is 6.38. The van der Waals surface area contributed by atoms with Gasteiger partial charge in [-0.25, -0.2) is 4.79 Å². The van der Waals surface area contributed by atoms with E-state index < -0.39 is 0 Å². The molecule has 0 bridgehead atoms. The summed E-state index contributed by atoms with van der Waals surface area (Å²) in [7, 11) is 4.43. The molecule has 2 saturated heterocycles. The maximum atomic E-state index is 13.7. The molecule has 2 heterocycles. The Hall–Kier alpha value is -2.08. The Morgan fingerprint density at radius 2 is 1.56 bits per heavy atom. The highest BCUT2D eigenvalue weighted by atomic mass is 16.2. The lowest BCUT2D eigenvalue weighted by molar-refractivity contribution is -0.130. The van der Waals surface area contributed by atoms with E-state index >= 15 is 0 Å². The highest BCUT2D eigenvalue weighted by Gasteiger charge is 2.55. The Morgan fingerprint density at radius 3 is 2.12 bits per heavy atom. The third-order valence-electron chi connectivity index (χ3n) is 9.41. The minimum atomic E-state index is -0.0198. The number of benzene rings is 1. The number of likely N-dealkylation sites (tertiary alicyclic amines) is 1. The number of urea groups is 1. The number of piperidine rings is 1. The molecule has 2 aliphatic carbocycles. The first kappa shape index (κ1) is 23.7. The first-order chi connectivity index (χ1) is 16.3. The van der Waals surface area contributed by atoms with Crippen LogP contribution in [0.4, 0.5) is 4.79 Å². The molecule has 3 amide bonds. The fraction of sp³-hybridized carbons (Fsp3) is 0.714. The van der Waals surface area contributed by atoms with Crippen molar-refractivity contribution in [1.29, 1.82) is 0 Å². The van der Waals surface area contributed by atoms with Crippen LogP contribution < -0.4 is 0 Å². The van der Waals surface area contributed by atoms with E-state index in [0.717, 1.165) is 71.2 Å². The van der Waals surface area contributed by atoms with Crippen molar-refractivity contribution in [2.24, 2.45) is 11.8 Å². The molecule has 6 nitrogen and oxygen atoms in total. The molecule has 2 saturated carbocycles. The lowest BCUT2D eigenvalue weighted by Gasteiger charge is -2.51. The minimum absolute atomic E-state index is 0.0198. The first-order valence-electron chi connectivity index (χ1n) is 13.4. The van der Waals surface area contributed by atoms with Crippen molar-refractivity contribution in [3.8, 4) is 0 Å². The van der Waals surface area contributed by atoms with E-state index in [1.807, 2.05) is 4.90 Å². The quantitative estimate of drug-likeness (QED) is 0.632. The van der Waals surface area contributed by atoms with Gasteiger partial charge in [-0.3, -0.25) is 9.69 Å². The van der Waals surface area contributed by atoms with Gasteiger partial charge in [-0.15, -0.1) is 0 Å². The SMILES string of the molecule is CC(=O)N1CCC(CN2C[C@]3(CC[C@@](c4ccccc4)(N(C)C)CC3)N(CC3CC3)C2=O)CC1. The number of amides is 3. The van der Waals surface area contributed by atoms with Gasteiger partial charge in [-0.05, 0) is 82.9 Å². The summed E-state index contributed by atoms with van der Waals surface area (Å²) in [4.78, 5) is 34.3. The molecule has 6 heteroatoms. The third-order valence-corrected chi connectivity index (χ3v) is 9.41. The Bertz CT molecular complexity index is 881. The van der Waals surface area contributed by atoms with Crippen molar-refractivity contribution in [2.45, 2.75) is 69.4 Å². The molecule has 0 unspecified atom stereocenters. The Balaban J connectivity index is 1.31. The van der Waals surface area contributed by atoms with Crippen LogP contribution in [-0.4, -0.2) is 83.9 Å². The van der Waals surface area contributed by atoms with Gasteiger partial charge in [-0.2, -0.15) is 0 Å². The van der Waals surface area contributed by atoms with Crippen LogP contribution in [0, 0.1) is 11.8 Å². The summed E-state index contributed by atoms with van der Waals surface area (Å²) in [5, 5.41) is 0. The average Bonchev–Trinajstić information content (AvgIpc) is 3.63. The topological polar surface area (TPSA) is 47.1 Å². The molecule has 1 aromatic rings. The number of nitrogens with zero attached hydrogens (tertiary/aromatic N) is 4. The van der Waals surface area contributed by atoms with Gasteiger partial charge in [0.25, 0.3) is 0 Å². The van der Waals surface area contributed by atoms with Crippen molar-refractivity contribution >= 4 is 11.9 Å². The van der Waals surface area contributed by atoms with E-state index in [-0.39, 0.29) is 23.0 Å². The Labute approximate surface area is 205 Å². The van der Waals surface area contributed by atoms with Crippen molar-refractivity contribution in [1.82, 2.24) is 19.6 Å². The van der Waals surface area contributed by atoms with Crippen molar-refractivity contribution in [3.63, 3.8) is 0 Å². The zero-order valence-corrected chi connectivity index (χ0v) is 21.3. The van der Waals surface area contributed by atoms with Crippen molar-refractivity contribution < 1.29 is 9.59 Å². The van der Waals surface area contributed by atoms with Gasteiger partial charge < -0.3 is 14.7 Å². The zero-order chi connectivity index (χ0) is 23.9. The van der Waals surface area contributed by atoms with Gasteiger partial charge in [0, 0.05) is 45.2 Å². The summed E-state index contributed by atoms with van der Waals surface area (Å²) in [6, 6.07) is 11.2. The van der Waals surface area contributed by atoms with E-state index in [4.69, 9.17) is 0 Å². The highest BCUT2D eigenvalue weighted by molar-refractivity contribution is 5.78. The molecule has 5 rings (SSSR count). The summed E-state index contributed by atoms with van der Waals surface area (Å²) in [5.74, 6) is 1.38. The van der Waals surface area contributed by atoms with Crippen LogP contribution >= 0.6 is 0 Å². The number of rotatable bonds is 6. The van der Waals surface area contributed by atoms with Gasteiger partial charge >= 0.3 is 6.03 Å². The number of hydrogen-bond acceptors (Lipinski definition) is 3. The second-order valence-electron chi connectivity index (χ2n) is 11.7. The lowest BCUT2D eigenvalue weighted by atomic mass is 9.68. The summed E-state index contributed by atoms with van der Waals surface area (Å²) >= 11 is 0. The third kappa shape index (κ3) is 4.34. The van der Waals surface area contributed by atoms with E-state index in [9.17, 15) is 9.59 Å². The molecule has 0 N–H and O–H groups in total. The molecule has 0 aromatic heterocycles. The maximum Gasteiger partial charge on any atom is 0.320 e. The molecular weight excluding hydrogens is 424 g/mol. The predicted molar refractivity (Wildman–Crippen MR) is 134 cm³/mol. The van der Waals surface area contributed by atoms with E-state index in [0.29, 0.717) is 11.8 Å². The van der Waals surface area contributed by atoms with Gasteiger partial charge in [0.2, 0.25) is 5.91 Å². The number of carbonyl (C=O) groups excluding carboxylic acids is 2. The molecule has 186 valence electrons. The molecule has 1 spiro atoms. The van der Waals surface area contributed by atoms with Crippen LogP contribution in [-0.2, 0) is 10.3 Å². The summed E-state index contributed by atoms with van der Waals surface area (Å²) in [6.07, 6.45) is 8.87. The molecule has 1 aromatic carbocycles. The first-order valence-corrected chi connectivity index (χ1v) is 13.4. The van der Waals surface area contributed by atoms with E-state index in [1.54, 1.807) is 6.92 Å². The highest BCUT2D eigenvalue weighted by Crippen LogP contribution is 2.50. The van der Waals surface area contributed by atoms with Gasteiger partial charge in [0.05, 0.1) is 5.54 Å². The summed E-state index contributed by atoms with van der Waals surface area (Å²) in [6.45, 7) is 6.01. The van der Waals surface area contributed by atoms with Gasteiger partial charge in [0.1, 0.15) is 0 Å². The molecule has 2 aliphatic heterocycles. The summed E-state index contributed by atoms with van der Waals surface area (Å²) in [5.41, 5.74) is 1.43. The van der Waals surface area contributed by atoms with Crippen LogP contribution in [0.3, 0.4) is 0 Å². The smallest absolute Gasteiger partial charge is 0.320 e. The van der Waals surface area contributed by atoms with Crippen LogP contribution in [0.5, 0.6) is 0 Å². The largest absolute Gasteiger partial charge is 0.343 e. The predicted octanol–water partition coefficient (Wildman–Crippen LogP) is 4.16. The molecule has 0 atom stereocenters. The van der Waals surface area contributed by atoms with Gasteiger partial charge in [0.15, 0.2) is 0 Å². The zero-order valence-electron chi connectivity index (χ0n) is 21.3. The fourth-order valence-corrected chi connectivity index (χ4v) is 6.90. The summed E-state index contributed by atoms with van der Waals surface area (Å²) < 4.78 is 0. The molecular formula is C28H42N4O2.